The minimum absolute atomic E-state index is 0.316. The van der Waals surface area contributed by atoms with E-state index in [2.05, 4.69) is 40.8 Å². The summed E-state index contributed by atoms with van der Waals surface area (Å²) in [6.07, 6.45) is 2.61. The summed E-state index contributed by atoms with van der Waals surface area (Å²) in [6.45, 7) is 5.76. The summed E-state index contributed by atoms with van der Waals surface area (Å²) in [5, 5.41) is 0. The predicted molar refractivity (Wildman–Crippen MR) is 91.2 cm³/mol. The normalized spacial score (nSPS) is 13.5. The molecule has 2 aromatic carbocycles. The largest absolute Gasteiger partial charge is 0.234 e. The molecular formula is C18H21NOS. The van der Waals surface area contributed by atoms with Gasteiger partial charge in [-0.25, -0.2) is 4.21 Å². The second-order valence-electron chi connectivity index (χ2n) is 6.00. The van der Waals surface area contributed by atoms with Crippen LogP contribution in [0.2, 0.25) is 0 Å². The van der Waals surface area contributed by atoms with E-state index in [0.29, 0.717) is 0 Å². The molecule has 0 saturated carbocycles. The molecule has 0 N–H and O–H groups in total. The van der Waals surface area contributed by atoms with Gasteiger partial charge in [-0.3, -0.25) is 0 Å². The van der Waals surface area contributed by atoms with Crippen LogP contribution >= 0.6 is 0 Å². The minimum atomic E-state index is -1.21. The highest BCUT2D eigenvalue weighted by Gasteiger charge is 2.17. The fourth-order valence-electron chi connectivity index (χ4n) is 1.82. The highest BCUT2D eigenvalue weighted by Crippen LogP contribution is 2.13. The Balaban J connectivity index is 2.03. The SMILES string of the molecule is CC(C)(C)[S@@](=O)/N=C/c1ccc(Cc2ccccc2)cc1. The van der Waals surface area contributed by atoms with Gasteiger partial charge >= 0.3 is 0 Å². The molecule has 0 heterocycles. The zero-order valence-electron chi connectivity index (χ0n) is 12.7. The van der Waals surface area contributed by atoms with Gasteiger partial charge in [0.15, 0.2) is 0 Å². The first kappa shape index (κ1) is 15.6. The lowest BCUT2D eigenvalue weighted by Crippen LogP contribution is -2.19. The molecule has 0 fully saturated rings. The Morgan fingerprint density at radius 1 is 0.952 bits per heavy atom. The molecule has 0 amide bonds. The van der Waals surface area contributed by atoms with Gasteiger partial charge < -0.3 is 0 Å². The van der Waals surface area contributed by atoms with Crippen LogP contribution in [0, 0.1) is 0 Å². The molecule has 2 aromatic rings. The third kappa shape index (κ3) is 4.94. The lowest BCUT2D eigenvalue weighted by atomic mass is 10.0. The molecule has 0 aliphatic carbocycles. The van der Waals surface area contributed by atoms with Crippen molar-refractivity contribution in [1.29, 1.82) is 0 Å². The van der Waals surface area contributed by atoms with Crippen LogP contribution in [0.15, 0.2) is 59.0 Å². The number of hydrogen-bond acceptors (Lipinski definition) is 1. The topological polar surface area (TPSA) is 29.4 Å². The van der Waals surface area contributed by atoms with Gasteiger partial charge in [0, 0.05) is 6.21 Å². The summed E-state index contributed by atoms with van der Waals surface area (Å²) in [6, 6.07) is 18.6. The molecule has 1 atom stereocenters. The van der Waals surface area contributed by atoms with Crippen molar-refractivity contribution in [1.82, 2.24) is 0 Å². The summed E-state index contributed by atoms with van der Waals surface area (Å²) in [4.78, 5) is 0. The van der Waals surface area contributed by atoms with Crippen LogP contribution in [0.3, 0.4) is 0 Å². The average Bonchev–Trinajstić information content (AvgIpc) is 2.46. The fourth-order valence-corrected chi connectivity index (χ4v) is 2.35. The summed E-state index contributed by atoms with van der Waals surface area (Å²) in [5.74, 6) is 0. The first-order chi connectivity index (χ1) is 9.95. The van der Waals surface area contributed by atoms with Crippen molar-refractivity contribution in [3.63, 3.8) is 0 Å². The van der Waals surface area contributed by atoms with Crippen LogP contribution in [-0.2, 0) is 17.4 Å². The van der Waals surface area contributed by atoms with Gasteiger partial charge in [-0.05, 0) is 43.9 Å². The van der Waals surface area contributed by atoms with E-state index in [0.717, 1.165) is 12.0 Å². The molecule has 0 radical (unpaired) electrons. The van der Waals surface area contributed by atoms with Crippen molar-refractivity contribution in [2.24, 2.45) is 4.40 Å². The van der Waals surface area contributed by atoms with Crippen LogP contribution in [-0.4, -0.2) is 15.2 Å². The molecule has 0 spiro atoms. The monoisotopic (exact) mass is 299 g/mol. The summed E-state index contributed by atoms with van der Waals surface area (Å²) in [7, 11) is -1.21. The van der Waals surface area contributed by atoms with Crippen LogP contribution in [0.25, 0.3) is 0 Å². The molecule has 110 valence electrons. The molecule has 0 aliphatic rings. The maximum atomic E-state index is 11.9. The van der Waals surface area contributed by atoms with E-state index in [9.17, 15) is 4.21 Å². The van der Waals surface area contributed by atoms with Gasteiger partial charge in [0.1, 0.15) is 11.0 Å². The number of benzene rings is 2. The summed E-state index contributed by atoms with van der Waals surface area (Å²) < 4.78 is 15.7. The molecule has 0 aromatic heterocycles. The van der Waals surface area contributed by atoms with E-state index in [1.165, 1.54) is 11.1 Å². The zero-order chi connectivity index (χ0) is 15.3. The van der Waals surface area contributed by atoms with Gasteiger partial charge in [-0.15, -0.1) is 0 Å². The van der Waals surface area contributed by atoms with E-state index >= 15 is 0 Å². The van der Waals surface area contributed by atoms with Crippen molar-refractivity contribution in [3.8, 4) is 0 Å². The number of nitrogens with zero attached hydrogens (tertiary/aromatic N) is 1. The molecule has 21 heavy (non-hydrogen) atoms. The van der Waals surface area contributed by atoms with Crippen molar-refractivity contribution in [2.45, 2.75) is 31.9 Å². The smallest absolute Gasteiger partial charge is 0.144 e. The van der Waals surface area contributed by atoms with Gasteiger partial charge in [-0.2, -0.15) is 4.40 Å². The molecule has 0 unspecified atom stereocenters. The Kier molecular flexibility index (Phi) is 5.07. The van der Waals surface area contributed by atoms with Crippen molar-refractivity contribution < 1.29 is 4.21 Å². The quantitative estimate of drug-likeness (QED) is 0.780. The van der Waals surface area contributed by atoms with Crippen molar-refractivity contribution >= 4 is 17.2 Å². The van der Waals surface area contributed by atoms with Gasteiger partial charge in [0.05, 0.1) is 4.75 Å². The van der Waals surface area contributed by atoms with Crippen LogP contribution in [0.4, 0.5) is 0 Å². The second kappa shape index (κ2) is 6.81. The standard InChI is InChI=1S/C18H21NOS/c1-18(2,3)21(20)19-14-17-11-9-16(10-12-17)13-15-7-5-4-6-8-15/h4-12,14H,13H2,1-3H3/b19-14+/t21-/m1/s1. The number of rotatable bonds is 4. The Labute approximate surface area is 129 Å². The van der Waals surface area contributed by atoms with Crippen molar-refractivity contribution in [2.75, 3.05) is 0 Å². The fraction of sp³-hybridized carbons (Fsp3) is 0.278. The first-order valence-corrected chi connectivity index (χ1v) is 8.15. The molecule has 0 saturated heterocycles. The highest BCUT2D eigenvalue weighted by molar-refractivity contribution is 7.85. The minimum Gasteiger partial charge on any atom is -0.234 e. The van der Waals surface area contributed by atoms with E-state index < -0.39 is 11.0 Å². The Morgan fingerprint density at radius 2 is 1.52 bits per heavy atom. The Bertz CT molecular complexity index is 625. The molecule has 2 nitrogen and oxygen atoms in total. The lowest BCUT2D eigenvalue weighted by Gasteiger charge is -2.12. The van der Waals surface area contributed by atoms with Gasteiger partial charge in [0.25, 0.3) is 0 Å². The van der Waals surface area contributed by atoms with E-state index in [1.54, 1.807) is 6.21 Å². The summed E-state index contributed by atoms with van der Waals surface area (Å²) >= 11 is 0. The third-order valence-electron chi connectivity index (χ3n) is 3.05. The Hall–Kier alpha value is -1.74. The lowest BCUT2D eigenvalue weighted by molar-refractivity contribution is 0.651. The van der Waals surface area contributed by atoms with Crippen LogP contribution < -0.4 is 0 Å². The maximum Gasteiger partial charge on any atom is 0.144 e. The van der Waals surface area contributed by atoms with Gasteiger partial charge in [0.2, 0.25) is 0 Å². The Morgan fingerprint density at radius 3 is 2.10 bits per heavy atom. The van der Waals surface area contributed by atoms with Gasteiger partial charge in [-0.1, -0.05) is 54.6 Å². The molecule has 2 rings (SSSR count). The molecule has 0 bridgehead atoms. The molecule has 0 aliphatic heterocycles. The average molecular weight is 299 g/mol. The van der Waals surface area contributed by atoms with Crippen molar-refractivity contribution in [3.05, 3.63) is 71.3 Å². The maximum absolute atomic E-state index is 11.9. The predicted octanol–water partition coefficient (Wildman–Crippen LogP) is 4.16. The highest BCUT2D eigenvalue weighted by atomic mass is 32.2. The summed E-state index contributed by atoms with van der Waals surface area (Å²) in [5.41, 5.74) is 3.53. The molecule has 3 heteroatoms. The van der Waals surface area contributed by atoms with E-state index in [-0.39, 0.29) is 4.75 Å². The first-order valence-electron chi connectivity index (χ1n) is 7.04. The van der Waals surface area contributed by atoms with E-state index in [1.807, 2.05) is 39.0 Å². The molecular weight excluding hydrogens is 278 g/mol. The third-order valence-corrected chi connectivity index (χ3v) is 4.40. The zero-order valence-corrected chi connectivity index (χ0v) is 13.6. The van der Waals surface area contributed by atoms with Crippen LogP contribution in [0.5, 0.6) is 0 Å². The van der Waals surface area contributed by atoms with E-state index in [4.69, 9.17) is 0 Å². The number of hydrogen-bond donors (Lipinski definition) is 0. The van der Waals surface area contributed by atoms with Crippen LogP contribution in [0.1, 0.15) is 37.5 Å². The second-order valence-corrected chi connectivity index (χ2v) is 7.93.